The molecule has 0 aliphatic carbocycles. The van der Waals surface area contributed by atoms with E-state index in [9.17, 15) is 19.2 Å². The smallest absolute Gasteiger partial charge is 0.336 e. The molecule has 2 N–H and O–H groups in total. The van der Waals surface area contributed by atoms with Crippen molar-refractivity contribution in [1.82, 2.24) is 10.6 Å². The third kappa shape index (κ3) is 4.52. The van der Waals surface area contributed by atoms with Crippen LogP contribution in [0.2, 0.25) is 0 Å². The first kappa shape index (κ1) is 21.0. The van der Waals surface area contributed by atoms with Crippen LogP contribution in [0, 0.1) is 5.92 Å². The van der Waals surface area contributed by atoms with Gasteiger partial charge in [-0.2, -0.15) is 0 Å². The SMILES string of the molecule is CCOC(=O)C1=C(C)NC(C)=C(C(=O)OCC)C1C(=O)N[C@H]1CCSC1=O. The molecule has 27 heavy (non-hydrogen) atoms. The molecule has 8 nitrogen and oxygen atoms in total. The Labute approximate surface area is 162 Å². The summed E-state index contributed by atoms with van der Waals surface area (Å²) in [6, 6.07) is -0.634. The summed E-state index contributed by atoms with van der Waals surface area (Å²) in [5, 5.41) is 5.49. The van der Waals surface area contributed by atoms with Gasteiger partial charge in [0.25, 0.3) is 0 Å². The first-order valence-electron chi connectivity index (χ1n) is 8.81. The van der Waals surface area contributed by atoms with Crippen LogP contribution >= 0.6 is 11.8 Å². The van der Waals surface area contributed by atoms with E-state index < -0.39 is 29.8 Å². The quantitative estimate of drug-likeness (QED) is 0.641. The second-order valence-electron chi connectivity index (χ2n) is 6.09. The fraction of sp³-hybridized carbons (Fsp3) is 0.556. The Morgan fingerprint density at radius 1 is 1.07 bits per heavy atom. The van der Waals surface area contributed by atoms with Crippen molar-refractivity contribution in [1.29, 1.82) is 0 Å². The zero-order valence-corrected chi connectivity index (χ0v) is 16.7. The summed E-state index contributed by atoms with van der Waals surface area (Å²) < 4.78 is 10.2. The highest BCUT2D eigenvalue weighted by atomic mass is 32.2. The maximum atomic E-state index is 13.0. The van der Waals surface area contributed by atoms with Crippen molar-refractivity contribution in [2.45, 2.75) is 40.2 Å². The number of nitrogens with one attached hydrogen (secondary N) is 2. The Hall–Kier alpha value is -2.29. The van der Waals surface area contributed by atoms with Gasteiger partial charge in [0.15, 0.2) is 0 Å². The van der Waals surface area contributed by atoms with Crippen LogP contribution in [0.15, 0.2) is 22.5 Å². The predicted octanol–water partition coefficient (Wildman–Crippen LogP) is 1.03. The van der Waals surface area contributed by atoms with Gasteiger partial charge in [-0.05, 0) is 34.1 Å². The van der Waals surface area contributed by atoms with Gasteiger partial charge in [-0.25, -0.2) is 9.59 Å². The summed E-state index contributed by atoms with van der Waals surface area (Å²) in [6.07, 6.45) is 0.509. The number of rotatable bonds is 6. The van der Waals surface area contributed by atoms with Crippen LogP contribution in [0.5, 0.6) is 0 Å². The fourth-order valence-corrected chi connectivity index (χ4v) is 4.03. The molecule has 0 aromatic carbocycles. The van der Waals surface area contributed by atoms with Gasteiger partial charge in [0.05, 0.1) is 30.4 Å². The van der Waals surface area contributed by atoms with Crippen molar-refractivity contribution in [3.63, 3.8) is 0 Å². The van der Waals surface area contributed by atoms with Gasteiger partial charge < -0.3 is 20.1 Å². The zero-order chi connectivity index (χ0) is 20.1. The Balaban J connectivity index is 2.44. The number of amides is 1. The van der Waals surface area contributed by atoms with Crippen molar-refractivity contribution in [3.05, 3.63) is 22.5 Å². The van der Waals surface area contributed by atoms with Gasteiger partial charge in [0.1, 0.15) is 5.92 Å². The maximum Gasteiger partial charge on any atom is 0.336 e. The van der Waals surface area contributed by atoms with Crippen LogP contribution in [0.25, 0.3) is 0 Å². The average Bonchev–Trinajstić information content (AvgIpc) is 2.99. The number of allylic oxidation sites excluding steroid dienone is 2. The monoisotopic (exact) mass is 396 g/mol. The summed E-state index contributed by atoms with van der Waals surface area (Å²) in [4.78, 5) is 50.0. The minimum Gasteiger partial charge on any atom is -0.463 e. The van der Waals surface area contributed by atoms with Crippen molar-refractivity contribution in [3.8, 4) is 0 Å². The van der Waals surface area contributed by atoms with E-state index in [4.69, 9.17) is 9.47 Å². The van der Waals surface area contributed by atoms with Gasteiger partial charge >= 0.3 is 11.9 Å². The lowest BCUT2D eigenvalue weighted by molar-refractivity contribution is -0.142. The van der Waals surface area contributed by atoms with E-state index in [0.29, 0.717) is 23.6 Å². The molecule has 0 aromatic heterocycles. The van der Waals surface area contributed by atoms with E-state index in [1.54, 1.807) is 27.7 Å². The second-order valence-corrected chi connectivity index (χ2v) is 7.19. The van der Waals surface area contributed by atoms with Crippen LogP contribution in [-0.4, -0.2) is 48.0 Å². The predicted molar refractivity (Wildman–Crippen MR) is 99.3 cm³/mol. The molecule has 1 fully saturated rings. The Morgan fingerprint density at radius 2 is 1.59 bits per heavy atom. The van der Waals surface area contributed by atoms with Crippen LogP contribution in [0.3, 0.4) is 0 Å². The van der Waals surface area contributed by atoms with Gasteiger partial charge in [-0.15, -0.1) is 0 Å². The third-order valence-corrected chi connectivity index (χ3v) is 5.27. The topological polar surface area (TPSA) is 111 Å². The van der Waals surface area contributed by atoms with Crippen LogP contribution in [0.1, 0.15) is 34.1 Å². The minimum absolute atomic E-state index is 0.0427. The molecule has 0 aromatic rings. The molecule has 0 spiro atoms. The maximum absolute atomic E-state index is 13.0. The number of carbonyl (C=O) groups excluding carboxylic acids is 4. The number of dihydropyridines is 1. The first-order valence-corrected chi connectivity index (χ1v) is 9.80. The van der Waals surface area contributed by atoms with Gasteiger partial charge in [0.2, 0.25) is 11.0 Å². The Bertz CT molecular complexity index is 687. The summed E-state index contributed by atoms with van der Waals surface area (Å²) in [7, 11) is 0. The second kappa shape index (κ2) is 9.07. The molecular weight excluding hydrogens is 372 g/mol. The highest BCUT2D eigenvalue weighted by Gasteiger charge is 2.42. The lowest BCUT2D eigenvalue weighted by Gasteiger charge is -2.29. The zero-order valence-electron chi connectivity index (χ0n) is 15.8. The van der Waals surface area contributed by atoms with Crippen LogP contribution in [-0.2, 0) is 28.7 Å². The highest BCUT2D eigenvalue weighted by molar-refractivity contribution is 8.14. The van der Waals surface area contributed by atoms with Crippen molar-refractivity contribution in [2.75, 3.05) is 19.0 Å². The molecule has 0 saturated carbocycles. The molecule has 0 bridgehead atoms. The number of hydrogen-bond acceptors (Lipinski definition) is 8. The van der Waals surface area contributed by atoms with Crippen molar-refractivity contribution in [2.24, 2.45) is 5.92 Å². The van der Waals surface area contributed by atoms with Crippen LogP contribution in [0.4, 0.5) is 0 Å². The number of carbonyl (C=O) groups is 4. The number of esters is 2. The normalized spacial score (nSPS) is 20.4. The summed E-state index contributed by atoms with van der Waals surface area (Å²) in [6.45, 7) is 6.82. The summed E-state index contributed by atoms with van der Waals surface area (Å²) >= 11 is 1.15. The van der Waals surface area contributed by atoms with Crippen LogP contribution < -0.4 is 10.6 Å². The lowest BCUT2D eigenvalue weighted by atomic mass is 9.84. The summed E-state index contributed by atoms with van der Waals surface area (Å²) in [5.74, 6) is -2.56. The molecular formula is C18H24N2O6S. The molecule has 2 aliphatic rings. The molecule has 1 amide bonds. The molecule has 148 valence electrons. The molecule has 0 radical (unpaired) electrons. The van der Waals surface area contributed by atoms with E-state index >= 15 is 0 Å². The van der Waals surface area contributed by atoms with Crippen molar-refractivity contribution < 1.29 is 28.7 Å². The average molecular weight is 396 g/mol. The molecule has 1 atom stereocenters. The number of thioether (sulfide) groups is 1. The van der Waals surface area contributed by atoms with E-state index in [-0.39, 0.29) is 29.5 Å². The molecule has 0 unspecified atom stereocenters. The van der Waals surface area contributed by atoms with E-state index in [2.05, 4.69) is 10.6 Å². The number of ether oxygens (including phenoxy) is 2. The van der Waals surface area contributed by atoms with E-state index in [0.717, 1.165) is 11.8 Å². The molecule has 2 aliphatic heterocycles. The lowest BCUT2D eigenvalue weighted by Crippen LogP contribution is -2.46. The molecule has 9 heteroatoms. The van der Waals surface area contributed by atoms with Gasteiger partial charge in [-0.3, -0.25) is 9.59 Å². The van der Waals surface area contributed by atoms with E-state index in [1.807, 2.05) is 0 Å². The standard InChI is InChI=1S/C18H24N2O6S/c1-5-25-16(22)12-9(3)19-10(4)13(17(23)26-6-2)14(12)15(21)20-11-7-8-27-18(11)24/h11,14,19H,5-8H2,1-4H3,(H,20,21)/t11-/m0/s1. The molecule has 2 rings (SSSR count). The van der Waals surface area contributed by atoms with Gasteiger partial charge in [-0.1, -0.05) is 11.8 Å². The Kier molecular flexibility index (Phi) is 7.06. The third-order valence-electron chi connectivity index (χ3n) is 4.27. The number of hydrogen-bond donors (Lipinski definition) is 2. The minimum atomic E-state index is -1.21. The molecule has 2 heterocycles. The molecule has 1 saturated heterocycles. The Morgan fingerprint density at radius 3 is 2.00 bits per heavy atom. The van der Waals surface area contributed by atoms with Gasteiger partial charge in [0, 0.05) is 17.1 Å². The largest absolute Gasteiger partial charge is 0.463 e. The first-order chi connectivity index (χ1) is 12.8. The fourth-order valence-electron chi connectivity index (χ4n) is 3.10. The van der Waals surface area contributed by atoms with E-state index in [1.165, 1.54) is 0 Å². The summed E-state index contributed by atoms with van der Waals surface area (Å²) in [5.41, 5.74) is 0.930. The van der Waals surface area contributed by atoms with Crippen molar-refractivity contribution >= 4 is 34.7 Å². The highest BCUT2D eigenvalue weighted by Crippen LogP contribution is 2.32.